The highest BCUT2D eigenvalue weighted by molar-refractivity contribution is 5.85. The van der Waals surface area contributed by atoms with Gasteiger partial charge in [-0.3, -0.25) is 4.79 Å². The van der Waals surface area contributed by atoms with Crippen molar-refractivity contribution in [3.05, 3.63) is 30.1 Å². The van der Waals surface area contributed by atoms with E-state index in [2.05, 4.69) is 10.6 Å². The predicted molar refractivity (Wildman–Crippen MR) is 94.0 cm³/mol. The molecule has 0 aliphatic carbocycles. The average Bonchev–Trinajstić information content (AvgIpc) is 2.86. The highest BCUT2D eigenvalue weighted by atomic mass is 35.5. The minimum atomic E-state index is -0.379. The lowest BCUT2D eigenvalue weighted by Gasteiger charge is -2.28. The molecule has 24 heavy (non-hydrogen) atoms. The maximum atomic E-state index is 13.5. The summed E-state index contributed by atoms with van der Waals surface area (Å²) in [6.07, 6.45) is 5.02. The van der Waals surface area contributed by atoms with Crippen molar-refractivity contribution in [1.82, 2.24) is 10.6 Å². The zero-order valence-corrected chi connectivity index (χ0v) is 14.8. The van der Waals surface area contributed by atoms with Crippen LogP contribution in [0.15, 0.2) is 24.3 Å². The molecule has 2 fully saturated rings. The lowest BCUT2D eigenvalue weighted by molar-refractivity contribution is -0.122. The number of benzene rings is 1. The molecule has 0 saturated carbocycles. The number of ether oxygens (including phenoxy) is 1. The zero-order valence-electron chi connectivity index (χ0n) is 14.0. The van der Waals surface area contributed by atoms with Crippen molar-refractivity contribution in [2.75, 3.05) is 6.54 Å². The standard InChI is InChI=1S/C18H25FN2O2.ClH/c1-12(23-17-5-3-2-4-16(17)19)11-20-18(22)10-13-8-14-6-7-15(9-13)21-14;/h2-5,12-15,21H,6-11H2,1H3,(H,20,22);1H. The third-order valence-electron chi connectivity index (χ3n) is 4.80. The number of hydrogen-bond donors (Lipinski definition) is 2. The van der Waals surface area contributed by atoms with Gasteiger partial charge in [-0.15, -0.1) is 12.4 Å². The number of hydrogen-bond acceptors (Lipinski definition) is 3. The topological polar surface area (TPSA) is 50.4 Å². The molecular formula is C18H26ClFN2O2. The van der Waals surface area contributed by atoms with E-state index >= 15 is 0 Å². The predicted octanol–water partition coefficient (Wildman–Crippen LogP) is 3.05. The first-order valence-electron chi connectivity index (χ1n) is 8.54. The molecule has 0 spiro atoms. The molecule has 2 N–H and O–H groups in total. The maximum absolute atomic E-state index is 13.5. The summed E-state index contributed by atoms with van der Waals surface area (Å²) in [5.41, 5.74) is 0. The molecule has 6 heteroatoms. The van der Waals surface area contributed by atoms with Crippen LogP contribution in [0.25, 0.3) is 0 Å². The third kappa shape index (κ3) is 5.08. The lowest BCUT2D eigenvalue weighted by Crippen LogP contribution is -2.40. The van der Waals surface area contributed by atoms with Crippen LogP contribution in [-0.4, -0.2) is 30.6 Å². The van der Waals surface area contributed by atoms with E-state index in [-0.39, 0.29) is 36.0 Å². The van der Waals surface area contributed by atoms with Gasteiger partial charge in [-0.25, -0.2) is 4.39 Å². The monoisotopic (exact) mass is 356 g/mol. The van der Waals surface area contributed by atoms with Crippen molar-refractivity contribution in [3.8, 4) is 5.75 Å². The van der Waals surface area contributed by atoms with Gasteiger partial charge in [0.25, 0.3) is 0 Å². The second-order valence-corrected chi connectivity index (χ2v) is 6.84. The van der Waals surface area contributed by atoms with E-state index in [4.69, 9.17) is 4.74 Å². The van der Waals surface area contributed by atoms with Crippen LogP contribution < -0.4 is 15.4 Å². The van der Waals surface area contributed by atoms with Crippen molar-refractivity contribution in [2.24, 2.45) is 5.92 Å². The number of fused-ring (bicyclic) bond motifs is 2. The molecule has 2 bridgehead atoms. The van der Waals surface area contributed by atoms with Gasteiger partial charge in [0.2, 0.25) is 5.91 Å². The van der Waals surface area contributed by atoms with E-state index in [1.54, 1.807) is 18.2 Å². The fourth-order valence-corrected chi connectivity index (χ4v) is 3.73. The first-order chi connectivity index (χ1) is 11.1. The number of piperidine rings is 1. The highest BCUT2D eigenvalue weighted by Gasteiger charge is 2.34. The summed E-state index contributed by atoms with van der Waals surface area (Å²) in [6.45, 7) is 2.22. The summed E-state index contributed by atoms with van der Waals surface area (Å²) in [4.78, 5) is 12.1. The van der Waals surface area contributed by atoms with E-state index in [1.165, 1.54) is 18.9 Å². The van der Waals surface area contributed by atoms with E-state index in [0.717, 1.165) is 12.8 Å². The van der Waals surface area contributed by atoms with E-state index < -0.39 is 0 Å². The Hall–Kier alpha value is -1.33. The molecule has 2 aliphatic heterocycles. The van der Waals surface area contributed by atoms with Crippen LogP contribution >= 0.6 is 12.4 Å². The minimum Gasteiger partial charge on any atom is -0.486 e. The van der Waals surface area contributed by atoms with Crippen molar-refractivity contribution < 1.29 is 13.9 Å². The van der Waals surface area contributed by atoms with Crippen molar-refractivity contribution in [2.45, 2.75) is 57.2 Å². The molecule has 3 atom stereocenters. The van der Waals surface area contributed by atoms with Gasteiger partial charge in [-0.05, 0) is 50.7 Å². The van der Waals surface area contributed by atoms with Crippen LogP contribution in [0.2, 0.25) is 0 Å². The van der Waals surface area contributed by atoms with Crippen LogP contribution in [-0.2, 0) is 4.79 Å². The number of amides is 1. The Morgan fingerprint density at radius 1 is 1.33 bits per heavy atom. The van der Waals surface area contributed by atoms with Crippen LogP contribution in [0.4, 0.5) is 4.39 Å². The van der Waals surface area contributed by atoms with Crippen molar-refractivity contribution in [1.29, 1.82) is 0 Å². The Kier molecular flexibility index (Phi) is 6.87. The van der Waals surface area contributed by atoms with Gasteiger partial charge >= 0.3 is 0 Å². The molecule has 4 nitrogen and oxygen atoms in total. The number of nitrogens with one attached hydrogen (secondary N) is 2. The Labute approximate surface area is 148 Å². The molecular weight excluding hydrogens is 331 g/mol. The zero-order chi connectivity index (χ0) is 16.2. The first-order valence-corrected chi connectivity index (χ1v) is 8.54. The molecule has 0 aromatic heterocycles. The van der Waals surface area contributed by atoms with Gasteiger partial charge in [0, 0.05) is 18.5 Å². The molecule has 3 unspecified atom stereocenters. The summed E-state index contributed by atoms with van der Waals surface area (Å²) >= 11 is 0. The van der Waals surface area contributed by atoms with Gasteiger partial charge in [-0.1, -0.05) is 12.1 Å². The minimum absolute atomic E-state index is 0. The van der Waals surface area contributed by atoms with E-state index in [0.29, 0.717) is 31.0 Å². The van der Waals surface area contributed by atoms with Gasteiger partial charge in [0.05, 0.1) is 6.54 Å². The molecule has 0 radical (unpaired) electrons. The highest BCUT2D eigenvalue weighted by Crippen LogP contribution is 2.32. The molecule has 3 rings (SSSR count). The summed E-state index contributed by atoms with van der Waals surface area (Å²) in [5, 5.41) is 6.50. The molecule has 2 heterocycles. The number of carbonyl (C=O) groups is 1. The lowest BCUT2D eigenvalue weighted by atomic mass is 9.89. The Morgan fingerprint density at radius 3 is 2.67 bits per heavy atom. The summed E-state index contributed by atoms with van der Waals surface area (Å²) in [5.74, 6) is 0.400. The first kappa shape index (κ1) is 19.0. The fourth-order valence-electron chi connectivity index (χ4n) is 3.73. The van der Waals surface area contributed by atoms with Crippen molar-refractivity contribution in [3.63, 3.8) is 0 Å². The summed E-state index contributed by atoms with van der Waals surface area (Å²) < 4.78 is 19.0. The molecule has 134 valence electrons. The van der Waals surface area contributed by atoms with Crippen molar-refractivity contribution >= 4 is 18.3 Å². The van der Waals surface area contributed by atoms with Gasteiger partial charge in [-0.2, -0.15) is 0 Å². The third-order valence-corrected chi connectivity index (χ3v) is 4.80. The largest absolute Gasteiger partial charge is 0.486 e. The molecule has 1 aromatic carbocycles. The summed E-state index contributed by atoms with van der Waals surface area (Å²) in [7, 11) is 0. The summed E-state index contributed by atoms with van der Waals surface area (Å²) in [6, 6.07) is 7.53. The number of halogens is 2. The van der Waals surface area contributed by atoms with Gasteiger partial charge in [0.1, 0.15) is 6.10 Å². The van der Waals surface area contributed by atoms with E-state index in [1.807, 2.05) is 6.92 Å². The smallest absolute Gasteiger partial charge is 0.220 e. The number of carbonyl (C=O) groups excluding carboxylic acids is 1. The second kappa shape index (κ2) is 8.67. The Bertz CT molecular complexity index is 546. The molecule has 1 aromatic rings. The molecule has 2 aliphatic rings. The Balaban J connectivity index is 0.00000208. The van der Waals surface area contributed by atoms with E-state index in [9.17, 15) is 9.18 Å². The quantitative estimate of drug-likeness (QED) is 0.823. The normalized spacial score (nSPS) is 26.3. The van der Waals surface area contributed by atoms with Crippen LogP contribution in [0.3, 0.4) is 0 Å². The Morgan fingerprint density at radius 2 is 2.00 bits per heavy atom. The molecule has 1 amide bonds. The van der Waals surface area contributed by atoms with Crippen LogP contribution in [0, 0.1) is 11.7 Å². The fraction of sp³-hybridized carbons (Fsp3) is 0.611. The second-order valence-electron chi connectivity index (χ2n) is 6.84. The van der Waals surface area contributed by atoms with Gasteiger partial charge < -0.3 is 15.4 Å². The number of rotatable bonds is 6. The van der Waals surface area contributed by atoms with Crippen LogP contribution in [0.1, 0.15) is 39.0 Å². The number of para-hydroxylation sites is 1. The van der Waals surface area contributed by atoms with Gasteiger partial charge in [0.15, 0.2) is 11.6 Å². The SMILES string of the molecule is CC(CNC(=O)CC1CC2CCC(C1)N2)Oc1ccccc1F.Cl. The molecule has 2 saturated heterocycles. The maximum Gasteiger partial charge on any atom is 0.220 e. The van der Waals surface area contributed by atoms with Crippen LogP contribution in [0.5, 0.6) is 5.75 Å². The average molecular weight is 357 g/mol.